The summed E-state index contributed by atoms with van der Waals surface area (Å²) in [5, 5.41) is 13.5. The number of alkyl halides is 4. The zero-order chi connectivity index (χ0) is 26.1. The zero-order valence-corrected chi connectivity index (χ0v) is 20.5. The maximum atomic E-state index is 13.6. The fourth-order valence-corrected chi connectivity index (χ4v) is 4.56. The van der Waals surface area contributed by atoms with Crippen molar-refractivity contribution in [1.29, 1.82) is 5.26 Å². The Hall–Kier alpha value is -3.09. The lowest BCUT2D eigenvalue weighted by molar-refractivity contribution is -0.155. The van der Waals surface area contributed by atoms with E-state index in [4.69, 9.17) is 4.74 Å². The maximum absolute atomic E-state index is 13.6. The van der Waals surface area contributed by atoms with Gasteiger partial charge >= 0.3 is 6.18 Å². The molecule has 1 aliphatic heterocycles. The summed E-state index contributed by atoms with van der Waals surface area (Å²) in [4.78, 5) is 4.73. The van der Waals surface area contributed by atoms with E-state index in [-0.39, 0.29) is 12.7 Å². The number of aromatic amines is 1. The molecule has 1 aliphatic rings. The van der Waals surface area contributed by atoms with Crippen LogP contribution in [0.1, 0.15) is 37.6 Å². The maximum Gasteiger partial charge on any atom is 0.401 e. The summed E-state index contributed by atoms with van der Waals surface area (Å²) in [6, 6.07) is 8.52. The van der Waals surface area contributed by atoms with Crippen LogP contribution in [0, 0.1) is 11.3 Å². The SMILES string of the molecule is C\C(=C/C=C\C(=C\C#N)C1c2[nH]c3ccccc3c2C[C@@H](C)N1CC(F)(F)F)OCCNCCCF. The summed E-state index contributed by atoms with van der Waals surface area (Å²) in [5.74, 6) is 0.616. The molecule has 2 atom stereocenters. The summed E-state index contributed by atoms with van der Waals surface area (Å²) in [5.41, 5.74) is 2.98. The summed E-state index contributed by atoms with van der Waals surface area (Å²) >= 11 is 0. The number of hydrogen-bond donors (Lipinski definition) is 2. The minimum atomic E-state index is -4.39. The molecule has 0 amide bonds. The first kappa shape index (κ1) is 27.5. The highest BCUT2D eigenvalue weighted by Gasteiger charge is 2.42. The third kappa shape index (κ3) is 7.21. The van der Waals surface area contributed by atoms with Crippen LogP contribution >= 0.6 is 0 Å². The second-order valence-electron chi connectivity index (χ2n) is 8.86. The number of nitrogens with zero attached hydrogens (tertiary/aromatic N) is 2. The summed E-state index contributed by atoms with van der Waals surface area (Å²) in [7, 11) is 0. The highest BCUT2D eigenvalue weighted by Crippen LogP contribution is 2.42. The van der Waals surface area contributed by atoms with Gasteiger partial charge in [0.1, 0.15) is 6.61 Å². The van der Waals surface area contributed by atoms with E-state index in [9.17, 15) is 22.8 Å². The van der Waals surface area contributed by atoms with Gasteiger partial charge in [-0.15, -0.1) is 0 Å². The highest BCUT2D eigenvalue weighted by atomic mass is 19.4. The molecular formula is C27H32F4N4O. The normalized spacial score (nSPS) is 19.6. The number of H-pyrrole nitrogens is 1. The largest absolute Gasteiger partial charge is 0.497 e. The van der Waals surface area contributed by atoms with Crippen molar-refractivity contribution in [3.05, 3.63) is 71.2 Å². The second-order valence-corrected chi connectivity index (χ2v) is 8.86. The summed E-state index contributed by atoms with van der Waals surface area (Å²) in [6.45, 7) is 3.67. The van der Waals surface area contributed by atoms with Crippen LogP contribution in [-0.4, -0.2) is 55.0 Å². The predicted molar refractivity (Wildman–Crippen MR) is 133 cm³/mol. The molecule has 1 unspecified atom stereocenters. The number of benzene rings is 1. The first-order valence-electron chi connectivity index (χ1n) is 12.0. The molecule has 194 valence electrons. The number of fused-ring (bicyclic) bond motifs is 3. The van der Waals surface area contributed by atoms with Crippen LogP contribution in [0.2, 0.25) is 0 Å². The third-order valence-corrected chi connectivity index (χ3v) is 6.14. The number of nitriles is 1. The molecule has 0 aliphatic carbocycles. The number of para-hydroxylation sites is 1. The van der Waals surface area contributed by atoms with Gasteiger partial charge in [-0.05, 0) is 56.5 Å². The lowest BCUT2D eigenvalue weighted by atomic mass is 9.88. The molecule has 2 heterocycles. The first-order valence-corrected chi connectivity index (χ1v) is 12.0. The molecule has 0 bridgehead atoms. The van der Waals surface area contributed by atoms with Crippen LogP contribution in [-0.2, 0) is 11.2 Å². The Labute approximate surface area is 209 Å². The van der Waals surface area contributed by atoms with Gasteiger partial charge in [-0.25, -0.2) is 0 Å². The van der Waals surface area contributed by atoms with Gasteiger partial charge in [-0.3, -0.25) is 9.29 Å². The van der Waals surface area contributed by atoms with Crippen molar-refractivity contribution >= 4 is 10.9 Å². The molecule has 2 N–H and O–H groups in total. The molecule has 0 spiro atoms. The van der Waals surface area contributed by atoms with Crippen LogP contribution in [0.4, 0.5) is 17.6 Å². The number of allylic oxidation sites excluding steroid dienone is 4. The number of hydrogen-bond acceptors (Lipinski definition) is 4. The molecular weight excluding hydrogens is 472 g/mol. The molecule has 2 aromatic rings. The molecule has 3 rings (SSSR count). The quantitative estimate of drug-likeness (QED) is 0.132. The average Bonchev–Trinajstić information content (AvgIpc) is 3.18. The topological polar surface area (TPSA) is 64.1 Å². The van der Waals surface area contributed by atoms with Crippen molar-refractivity contribution < 1.29 is 22.3 Å². The minimum absolute atomic E-state index is 0.365. The van der Waals surface area contributed by atoms with E-state index in [0.29, 0.717) is 49.6 Å². The van der Waals surface area contributed by atoms with E-state index in [0.717, 1.165) is 16.5 Å². The number of nitrogens with one attached hydrogen (secondary N) is 2. The standard InChI is InChI=1S/C27H32F4N4O/c1-19-17-23-22-9-3-4-10-24(22)34-25(23)26(35(19)18-27(29,30)31)21(11-13-32)8-5-7-20(2)36-16-15-33-14-6-12-28/h3-5,7-11,19,26,33-34H,6,12,14-18H2,1-2H3/b8-5-,20-7+,21-11-/t19-,26?/m1/s1. The lowest BCUT2D eigenvalue weighted by Gasteiger charge is -2.41. The Morgan fingerprint density at radius 2 is 2.08 bits per heavy atom. The van der Waals surface area contributed by atoms with Gasteiger partial charge < -0.3 is 15.0 Å². The van der Waals surface area contributed by atoms with E-state index >= 15 is 0 Å². The Bertz CT molecular complexity index is 1140. The van der Waals surface area contributed by atoms with Crippen LogP contribution in [0.3, 0.4) is 0 Å². The molecule has 0 fully saturated rings. The third-order valence-electron chi connectivity index (χ3n) is 6.14. The average molecular weight is 505 g/mol. The van der Waals surface area contributed by atoms with Gasteiger partial charge in [0.05, 0.1) is 31.1 Å². The van der Waals surface area contributed by atoms with E-state index in [1.165, 1.54) is 11.0 Å². The van der Waals surface area contributed by atoms with E-state index in [1.807, 2.05) is 30.3 Å². The Balaban J connectivity index is 1.87. The summed E-state index contributed by atoms with van der Waals surface area (Å²) in [6.07, 6.45) is 2.89. The van der Waals surface area contributed by atoms with Crippen molar-refractivity contribution in [2.45, 2.75) is 44.9 Å². The van der Waals surface area contributed by atoms with Gasteiger partial charge in [-0.2, -0.15) is 18.4 Å². The van der Waals surface area contributed by atoms with E-state index in [1.54, 1.807) is 32.1 Å². The van der Waals surface area contributed by atoms with Gasteiger partial charge in [0, 0.05) is 35.3 Å². The minimum Gasteiger partial charge on any atom is -0.497 e. The van der Waals surface area contributed by atoms with Gasteiger partial charge in [-0.1, -0.05) is 30.4 Å². The van der Waals surface area contributed by atoms with Crippen LogP contribution in [0.15, 0.2) is 59.9 Å². The fraction of sp³-hybridized carbons (Fsp3) is 0.444. The van der Waals surface area contributed by atoms with Gasteiger partial charge in [0.25, 0.3) is 0 Å². The zero-order valence-electron chi connectivity index (χ0n) is 20.5. The lowest BCUT2D eigenvalue weighted by Crippen LogP contribution is -2.47. The molecule has 9 heteroatoms. The fourth-order valence-electron chi connectivity index (χ4n) is 4.56. The Morgan fingerprint density at radius 3 is 2.81 bits per heavy atom. The molecule has 0 saturated carbocycles. The molecule has 0 saturated heterocycles. The predicted octanol–water partition coefficient (Wildman–Crippen LogP) is 5.89. The van der Waals surface area contributed by atoms with E-state index < -0.39 is 18.8 Å². The monoisotopic (exact) mass is 504 g/mol. The highest BCUT2D eigenvalue weighted by molar-refractivity contribution is 5.85. The smallest absolute Gasteiger partial charge is 0.401 e. The van der Waals surface area contributed by atoms with Crippen molar-refractivity contribution in [2.75, 3.05) is 32.9 Å². The number of aromatic nitrogens is 1. The molecule has 1 aromatic heterocycles. The first-order chi connectivity index (χ1) is 17.2. The van der Waals surface area contributed by atoms with Crippen molar-refractivity contribution in [3.8, 4) is 6.07 Å². The molecule has 5 nitrogen and oxygen atoms in total. The molecule has 1 aromatic carbocycles. The molecule has 0 radical (unpaired) electrons. The number of rotatable bonds is 11. The van der Waals surface area contributed by atoms with Gasteiger partial charge in [0.15, 0.2) is 0 Å². The van der Waals surface area contributed by atoms with Crippen molar-refractivity contribution in [1.82, 2.24) is 15.2 Å². The van der Waals surface area contributed by atoms with Crippen LogP contribution in [0.25, 0.3) is 10.9 Å². The number of halogens is 4. The Kier molecular flexibility index (Phi) is 9.73. The second kappa shape index (κ2) is 12.7. The van der Waals surface area contributed by atoms with Gasteiger partial charge in [0.2, 0.25) is 0 Å². The van der Waals surface area contributed by atoms with Crippen molar-refractivity contribution in [3.63, 3.8) is 0 Å². The Morgan fingerprint density at radius 1 is 1.31 bits per heavy atom. The van der Waals surface area contributed by atoms with Crippen molar-refractivity contribution in [2.24, 2.45) is 0 Å². The summed E-state index contributed by atoms with van der Waals surface area (Å²) < 4.78 is 58.5. The number of ether oxygens (including phenoxy) is 1. The van der Waals surface area contributed by atoms with Crippen LogP contribution in [0.5, 0.6) is 0 Å². The van der Waals surface area contributed by atoms with Crippen LogP contribution < -0.4 is 5.32 Å². The molecule has 36 heavy (non-hydrogen) atoms. The van der Waals surface area contributed by atoms with E-state index in [2.05, 4.69) is 10.3 Å².